The van der Waals surface area contributed by atoms with Crippen LogP contribution in [0.4, 0.5) is 0 Å². The topological polar surface area (TPSA) is 69.9 Å². The number of nitrogens with zero attached hydrogens (tertiary/aromatic N) is 4. The Kier molecular flexibility index (Phi) is 4.57. The van der Waals surface area contributed by atoms with Crippen LogP contribution in [0.15, 0.2) is 5.16 Å². The minimum Gasteiger partial charge on any atom is -0.469 e. The van der Waals surface area contributed by atoms with Gasteiger partial charge in [0.05, 0.1) is 19.1 Å². The molecule has 1 aliphatic carbocycles. The number of ether oxygens (including phenoxy) is 1. The first-order valence-corrected chi connectivity index (χ1v) is 7.19. The van der Waals surface area contributed by atoms with Gasteiger partial charge in [0.2, 0.25) is 5.16 Å². The van der Waals surface area contributed by atoms with E-state index < -0.39 is 0 Å². The summed E-state index contributed by atoms with van der Waals surface area (Å²) in [5.41, 5.74) is 0. The molecule has 1 saturated carbocycles. The summed E-state index contributed by atoms with van der Waals surface area (Å²) in [7, 11) is 1.41. The van der Waals surface area contributed by atoms with Gasteiger partial charge in [0.1, 0.15) is 0 Å². The Morgan fingerprint density at radius 3 is 2.94 bits per heavy atom. The molecule has 1 fully saturated rings. The molecule has 0 bridgehead atoms. The Hall–Kier alpha value is -1.11. The molecule has 18 heavy (non-hydrogen) atoms. The van der Waals surface area contributed by atoms with Gasteiger partial charge in [-0.1, -0.05) is 31.5 Å². The van der Waals surface area contributed by atoms with Crippen molar-refractivity contribution in [3.63, 3.8) is 0 Å². The van der Waals surface area contributed by atoms with Gasteiger partial charge < -0.3 is 4.74 Å². The molecular formula is C11H18N4O2S. The zero-order valence-corrected chi connectivity index (χ0v) is 11.5. The molecule has 2 rings (SSSR count). The van der Waals surface area contributed by atoms with Gasteiger partial charge in [-0.2, -0.15) is 0 Å². The largest absolute Gasteiger partial charge is 0.469 e. The van der Waals surface area contributed by atoms with Crippen LogP contribution in [0, 0.1) is 5.92 Å². The number of carbonyl (C=O) groups is 1. The third-order valence-electron chi connectivity index (χ3n) is 3.20. The van der Waals surface area contributed by atoms with E-state index in [1.54, 1.807) is 0 Å². The van der Waals surface area contributed by atoms with Crippen LogP contribution in [-0.4, -0.2) is 39.0 Å². The zero-order chi connectivity index (χ0) is 13.0. The van der Waals surface area contributed by atoms with Crippen LogP contribution in [0.5, 0.6) is 0 Å². The first-order valence-electron chi connectivity index (χ1n) is 6.21. The predicted molar refractivity (Wildman–Crippen MR) is 67.2 cm³/mol. The summed E-state index contributed by atoms with van der Waals surface area (Å²) in [5.74, 6) is 0.302. The summed E-state index contributed by atoms with van der Waals surface area (Å²) in [5, 5.41) is 12.6. The smallest absolute Gasteiger partial charge is 0.309 e. The molecule has 0 radical (unpaired) electrons. The number of carbonyl (C=O) groups excluding carboxylic acids is 1. The number of methoxy groups -OCH3 is 1. The highest BCUT2D eigenvalue weighted by atomic mass is 32.2. The van der Waals surface area contributed by atoms with Crippen LogP contribution in [-0.2, 0) is 9.53 Å². The monoisotopic (exact) mass is 270 g/mol. The molecule has 1 unspecified atom stereocenters. The summed E-state index contributed by atoms with van der Waals surface area (Å²) < 4.78 is 6.61. The average molecular weight is 270 g/mol. The second kappa shape index (κ2) is 6.17. The molecular weight excluding hydrogens is 252 g/mol. The molecule has 0 aromatic carbocycles. The van der Waals surface area contributed by atoms with E-state index in [0.29, 0.717) is 11.8 Å². The Labute approximate surface area is 110 Å². The maximum atomic E-state index is 11.3. The van der Waals surface area contributed by atoms with Gasteiger partial charge in [-0.3, -0.25) is 4.79 Å². The lowest BCUT2D eigenvalue weighted by molar-refractivity contribution is -0.143. The minimum absolute atomic E-state index is 0.145. The van der Waals surface area contributed by atoms with E-state index in [9.17, 15) is 4.79 Å². The first-order chi connectivity index (χ1) is 8.72. The normalized spacial score (nSPS) is 17.9. The van der Waals surface area contributed by atoms with E-state index in [-0.39, 0.29) is 11.9 Å². The SMILES string of the molecule is COC(=O)C(C)CSc1nnnn1C1CCCC1. The summed E-state index contributed by atoms with van der Waals surface area (Å²) >= 11 is 1.52. The van der Waals surface area contributed by atoms with Crippen molar-refractivity contribution in [3.05, 3.63) is 0 Å². The van der Waals surface area contributed by atoms with Gasteiger partial charge in [-0.25, -0.2) is 4.68 Å². The zero-order valence-electron chi connectivity index (χ0n) is 10.7. The number of thioether (sulfide) groups is 1. The fourth-order valence-corrected chi connectivity index (χ4v) is 3.07. The van der Waals surface area contributed by atoms with Crippen molar-refractivity contribution in [2.75, 3.05) is 12.9 Å². The van der Waals surface area contributed by atoms with E-state index in [0.717, 1.165) is 18.0 Å². The summed E-state index contributed by atoms with van der Waals surface area (Å²) in [4.78, 5) is 11.3. The maximum absolute atomic E-state index is 11.3. The molecule has 0 aliphatic heterocycles. The maximum Gasteiger partial charge on any atom is 0.309 e. The lowest BCUT2D eigenvalue weighted by Gasteiger charge is -2.12. The van der Waals surface area contributed by atoms with Crippen LogP contribution in [0.2, 0.25) is 0 Å². The number of aromatic nitrogens is 4. The lowest BCUT2D eigenvalue weighted by atomic mass is 10.2. The van der Waals surface area contributed by atoms with Crippen molar-refractivity contribution >= 4 is 17.7 Å². The van der Waals surface area contributed by atoms with E-state index in [4.69, 9.17) is 4.74 Å². The Morgan fingerprint density at radius 1 is 1.56 bits per heavy atom. The summed E-state index contributed by atoms with van der Waals surface area (Å²) in [6, 6.07) is 0.427. The molecule has 0 spiro atoms. The second-order valence-corrected chi connectivity index (χ2v) is 5.57. The van der Waals surface area contributed by atoms with Crippen molar-refractivity contribution < 1.29 is 9.53 Å². The fourth-order valence-electron chi connectivity index (χ4n) is 2.13. The van der Waals surface area contributed by atoms with E-state index in [2.05, 4.69) is 15.5 Å². The van der Waals surface area contributed by atoms with Gasteiger partial charge in [0.25, 0.3) is 0 Å². The molecule has 1 atom stereocenters. The summed E-state index contributed by atoms with van der Waals surface area (Å²) in [6.45, 7) is 1.85. The van der Waals surface area contributed by atoms with Crippen LogP contribution < -0.4 is 0 Å². The predicted octanol–water partition coefficient (Wildman–Crippen LogP) is 1.69. The fraction of sp³-hybridized carbons (Fsp3) is 0.818. The van der Waals surface area contributed by atoms with Gasteiger partial charge in [-0.15, -0.1) is 5.10 Å². The third kappa shape index (κ3) is 3.01. The van der Waals surface area contributed by atoms with Crippen molar-refractivity contribution in [1.29, 1.82) is 0 Å². The van der Waals surface area contributed by atoms with Crippen LogP contribution in [0.1, 0.15) is 38.6 Å². The molecule has 0 amide bonds. The number of esters is 1. The number of hydrogen-bond donors (Lipinski definition) is 0. The van der Waals surface area contributed by atoms with Crippen LogP contribution >= 0.6 is 11.8 Å². The molecule has 100 valence electrons. The van der Waals surface area contributed by atoms with Crippen molar-refractivity contribution in [2.45, 2.75) is 43.8 Å². The molecule has 1 aromatic heterocycles. The Morgan fingerprint density at radius 2 is 2.28 bits per heavy atom. The van der Waals surface area contributed by atoms with E-state index >= 15 is 0 Å². The molecule has 6 nitrogen and oxygen atoms in total. The highest BCUT2D eigenvalue weighted by Crippen LogP contribution is 2.31. The van der Waals surface area contributed by atoms with Gasteiger partial charge in [0.15, 0.2) is 0 Å². The second-order valence-electron chi connectivity index (χ2n) is 4.58. The number of hydrogen-bond acceptors (Lipinski definition) is 6. The molecule has 1 heterocycles. The first kappa shape index (κ1) is 13.3. The van der Waals surface area contributed by atoms with E-state index in [1.165, 1.54) is 31.7 Å². The molecule has 0 saturated heterocycles. The van der Waals surface area contributed by atoms with Gasteiger partial charge in [-0.05, 0) is 23.3 Å². The molecule has 7 heteroatoms. The Bertz CT molecular complexity index is 404. The average Bonchev–Trinajstić information content (AvgIpc) is 3.04. The van der Waals surface area contributed by atoms with Crippen molar-refractivity contribution in [3.8, 4) is 0 Å². The van der Waals surface area contributed by atoms with Crippen LogP contribution in [0.3, 0.4) is 0 Å². The molecule has 1 aliphatic rings. The lowest BCUT2D eigenvalue weighted by Crippen LogP contribution is -2.15. The number of tetrazole rings is 1. The van der Waals surface area contributed by atoms with Crippen LogP contribution in [0.25, 0.3) is 0 Å². The van der Waals surface area contributed by atoms with E-state index in [1.807, 2.05) is 11.6 Å². The standard InChI is InChI=1S/C11H18N4O2S/c1-8(10(16)17-2)7-18-11-12-13-14-15(11)9-5-3-4-6-9/h8-9H,3-7H2,1-2H3. The van der Waals surface area contributed by atoms with Crippen molar-refractivity contribution in [1.82, 2.24) is 20.2 Å². The van der Waals surface area contributed by atoms with Gasteiger partial charge in [0, 0.05) is 5.75 Å². The number of rotatable bonds is 5. The van der Waals surface area contributed by atoms with Crippen molar-refractivity contribution in [2.24, 2.45) is 5.92 Å². The summed E-state index contributed by atoms with van der Waals surface area (Å²) in [6.07, 6.45) is 4.77. The quantitative estimate of drug-likeness (QED) is 0.599. The van der Waals surface area contributed by atoms with Gasteiger partial charge >= 0.3 is 5.97 Å². The highest BCUT2D eigenvalue weighted by Gasteiger charge is 2.22. The third-order valence-corrected chi connectivity index (χ3v) is 4.39. The minimum atomic E-state index is -0.192. The Balaban J connectivity index is 1.93. The molecule has 0 N–H and O–H groups in total. The highest BCUT2D eigenvalue weighted by molar-refractivity contribution is 7.99. The molecule has 1 aromatic rings.